The summed E-state index contributed by atoms with van der Waals surface area (Å²) in [6.07, 6.45) is 1.91. The van der Waals surface area contributed by atoms with E-state index in [1.807, 2.05) is 0 Å². The largest absolute Gasteiger partial charge is 0.309 e. The van der Waals surface area contributed by atoms with Crippen molar-refractivity contribution in [2.75, 3.05) is 19.6 Å². The van der Waals surface area contributed by atoms with Gasteiger partial charge < -0.3 is 19.6 Å². The van der Waals surface area contributed by atoms with Gasteiger partial charge in [-0.2, -0.15) is 0 Å². The van der Waals surface area contributed by atoms with Gasteiger partial charge >= 0.3 is 0 Å². The van der Waals surface area contributed by atoms with Gasteiger partial charge in [0.2, 0.25) is 0 Å². The van der Waals surface area contributed by atoms with Crippen molar-refractivity contribution in [2.24, 2.45) is 0 Å². The highest BCUT2D eigenvalue weighted by Crippen LogP contribution is 2.57. The summed E-state index contributed by atoms with van der Waals surface area (Å²) in [5.41, 5.74) is 26.1. The van der Waals surface area contributed by atoms with Crippen molar-refractivity contribution in [3.8, 4) is 22.3 Å². The predicted molar refractivity (Wildman–Crippen MR) is 508 cm³/mol. The molecule has 20 aromatic carbocycles. The molecule has 0 aliphatic heterocycles. The number of hydrogen-bond acceptors (Lipinski definition) is 4. The zero-order valence-electron chi connectivity index (χ0n) is 67.5. The first-order chi connectivity index (χ1) is 58.1. The van der Waals surface area contributed by atoms with Crippen LogP contribution in [0.3, 0.4) is 0 Å². The van der Waals surface area contributed by atoms with E-state index in [1.165, 1.54) is 148 Å². The summed E-state index contributed by atoms with van der Waals surface area (Å²) in [5, 5.41) is 19.1. The van der Waals surface area contributed by atoms with Gasteiger partial charge in [0.25, 0.3) is 0 Å². The lowest BCUT2D eigenvalue weighted by Gasteiger charge is -2.31. The molecule has 20 aromatic rings. The van der Waals surface area contributed by atoms with Crippen LogP contribution in [0.4, 0.5) is 68.2 Å². The summed E-state index contributed by atoms with van der Waals surface area (Å²) in [4.78, 5) is 9.95. The smallest absolute Gasteiger partial charge is 0.0618 e. The summed E-state index contributed by atoms with van der Waals surface area (Å²) in [6.45, 7) is 13.4. The maximum Gasteiger partial charge on any atom is 0.0618 e. The van der Waals surface area contributed by atoms with E-state index in [1.54, 1.807) is 0 Å². The number of hydrogen-bond donors (Lipinski definition) is 0. The van der Waals surface area contributed by atoms with Crippen molar-refractivity contribution in [3.63, 3.8) is 0 Å². The van der Waals surface area contributed by atoms with Crippen LogP contribution in [0.25, 0.3) is 108 Å². The fourth-order valence-electron chi connectivity index (χ4n) is 18.6. The van der Waals surface area contributed by atoms with Gasteiger partial charge in [-0.05, 0) is 225 Å². The molecule has 20 rings (SSSR count). The molecule has 0 radical (unpaired) electrons. The fraction of sp³-hybridized carbons (Fsp3) is 0.0877. The normalized spacial score (nSPS) is 11.9. The SMILES string of the molecule is Cc1ccc(N(c2ccccc2)c2c3ccccc3c(-c3c4ccccc4c(N(c4ccccc4)c4ccc(CCC(C)c5ccc(N(c6ccc(C)cc6)c6c7ccccc7c(-c7c8ccccc8c(N(c8ccc(C)cc8)c8ccc(C(C)C)cc8)c8ccccc78)c7ccccc67)cc5)cc4)c4ccccc34)c3ccccc23)cc1. The topological polar surface area (TPSA) is 13.0 Å². The summed E-state index contributed by atoms with van der Waals surface area (Å²) in [6, 6.07) is 150. The highest BCUT2D eigenvalue weighted by molar-refractivity contribution is 6.33. The summed E-state index contributed by atoms with van der Waals surface area (Å²) in [5.74, 6) is 0.702. The van der Waals surface area contributed by atoms with Gasteiger partial charge in [0.15, 0.2) is 0 Å². The number of anilines is 12. The monoisotopic (exact) mass is 1510 g/mol. The van der Waals surface area contributed by atoms with Crippen molar-refractivity contribution < 1.29 is 0 Å². The Morgan fingerprint density at radius 1 is 0.186 bits per heavy atom. The lowest BCUT2D eigenvalue weighted by Crippen LogP contribution is -2.12. The van der Waals surface area contributed by atoms with Gasteiger partial charge in [-0.15, -0.1) is 0 Å². The molecule has 0 amide bonds. The molecule has 0 spiro atoms. The third-order valence-corrected chi connectivity index (χ3v) is 24.5. The molecule has 4 nitrogen and oxygen atoms in total. The molecule has 0 saturated heterocycles. The van der Waals surface area contributed by atoms with Crippen LogP contribution in [0.15, 0.2) is 400 Å². The average Bonchev–Trinajstić information content (AvgIpc) is 0.710. The van der Waals surface area contributed by atoms with Crippen molar-refractivity contribution in [1.29, 1.82) is 0 Å². The third kappa shape index (κ3) is 12.9. The van der Waals surface area contributed by atoms with E-state index in [9.17, 15) is 0 Å². The van der Waals surface area contributed by atoms with Gasteiger partial charge in [0, 0.05) is 88.6 Å². The molecule has 0 aliphatic rings. The first-order valence-electron chi connectivity index (χ1n) is 41.6. The molecule has 566 valence electrons. The van der Waals surface area contributed by atoms with Crippen LogP contribution in [0.5, 0.6) is 0 Å². The molecular formula is C114H90N4. The van der Waals surface area contributed by atoms with Gasteiger partial charge in [0.1, 0.15) is 0 Å². The Balaban J connectivity index is 0.648. The molecule has 0 fully saturated rings. The first kappa shape index (κ1) is 72.6. The minimum atomic E-state index is 0.284. The van der Waals surface area contributed by atoms with E-state index < -0.39 is 0 Å². The predicted octanol–water partition coefficient (Wildman–Crippen LogP) is 32.9. The average molecular weight is 1520 g/mol. The quantitative estimate of drug-likeness (QED) is 0.0748. The Morgan fingerprint density at radius 2 is 0.373 bits per heavy atom. The van der Waals surface area contributed by atoms with E-state index in [4.69, 9.17) is 0 Å². The van der Waals surface area contributed by atoms with E-state index in [0.29, 0.717) is 5.92 Å². The molecule has 0 bridgehead atoms. The van der Waals surface area contributed by atoms with E-state index >= 15 is 0 Å². The second kappa shape index (κ2) is 30.8. The number of nitrogens with zero attached hydrogens (tertiary/aromatic N) is 4. The third-order valence-electron chi connectivity index (χ3n) is 24.5. The summed E-state index contributed by atoms with van der Waals surface area (Å²) >= 11 is 0. The molecular weight excluding hydrogens is 1430 g/mol. The zero-order chi connectivity index (χ0) is 79.5. The molecule has 0 aliphatic carbocycles. The maximum atomic E-state index is 2.52. The summed E-state index contributed by atoms with van der Waals surface area (Å²) < 4.78 is 0. The van der Waals surface area contributed by atoms with Crippen molar-refractivity contribution in [2.45, 2.75) is 66.2 Å². The molecule has 0 saturated carbocycles. The summed E-state index contributed by atoms with van der Waals surface area (Å²) in [7, 11) is 0. The number of aryl methyl sites for hydroxylation is 4. The number of rotatable bonds is 19. The molecule has 4 heteroatoms. The minimum Gasteiger partial charge on any atom is -0.309 e. The van der Waals surface area contributed by atoms with E-state index in [-0.39, 0.29) is 5.92 Å². The number of benzene rings is 20. The minimum absolute atomic E-state index is 0.284. The Kier molecular flexibility index (Phi) is 19.0. The molecule has 0 N–H and O–H groups in total. The van der Waals surface area contributed by atoms with Crippen LogP contribution in [-0.4, -0.2) is 0 Å². The molecule has 118 heavy (non-hydrogen) atoms. The molecule has 0 aromatic heterocycles. The van der Waals surface area contributed by atoms with Crippen LogP contribution in [0, 0.1) is 20.8 Å². The van der Waals surface area contributed by atoms with Gasteiger partial charge in [0.05, 0.1) is 22.7 Å². The second-order valence-electron chi connectivity index (χ2n) is 32.2. The van der Waals surface area contributed by atoms with Crippen molar-refractivity contribution in [1.82, 2.24) is 0 Å². The standard InChI is InChI=1S/C114H90N4/c1-75(2)81-59-71-89(72-60-81)117(86-65-51-77(4)52-66-86)113-103-45-25-17-37-95(103)109(96-38-18-26-46-104(96)113)110-97-39-19-27-47-105(97)114(106-48-28-20-40-98(106)110)118(87-67-53-78(5)54-68-87)90-73-61-82(62-74-90)79(6)55-56-80-57-69-88(70-58-80)116(84-31-11-8-12-32-84)112-101-43-23-15-35-93(101)108(94-36-16-24-44-102(94)112)107-91-33-13-21-41-99(91)111(100-42-22-14-34-92(100)107)115(83-29-9-7-10-30-83)85-63-49-76(3)50-64-85/h7-54,57-75,79H,55-56H2,1-6H3. The fourth-order valence-corrected chi connectivity index (χ4v) is 18.6. The highest BCUT2D eigenvalue weighted by atomic mass is 15.2. The van der Waals surface area contributed by atoms with Gasteiger partial charge in [-0.25, -0.2) is 0 Å². The zero-order valence-corrected chi connectivity index (χ0v) is 67.5. The van der Waals surface area contributed by atoms with Crippen molar-refractivity contribution in [3.05, 3.63) is 434 Å². The number of fused-ring (bicyclic) bond motifs is 8. The Morgan fingerprint density at radius 3 is 0.602 bits per heavy atom. The molecule has 1 unspecified atom stereocenters. The van der Waals surface area contributed by atoms with Gasteiger partial charge in [-0.1, -0.05) is 341 Å². The van der Waals surface area contributed by atoms with E-state index in [2.05, 4.69) is 462 Å². The van der Waals surface area contributed by atoms with Crippen LogP contribution < -0.4 is 19.6 Å². The van der Waals surface area contributed by atoms with Crippen LogP contribution in [0.1, 0.15) is 72.4 Å². The molecule has 0 heterocycles. The lowest BCUT2D eigenvalue weighted by atomic mass is 9.84. The van der Waals surface area contributed by atoms with Crippen LogP contribution >= 0.6 is 0 Å². The van der Waals surface area contributed by atoms with E-state index in [0.717, 1.165) is 75.4 Å². The van der Waals surface area contributed by atoms with Gasteiger partial charge in [-0.3, -0.25) is 0 Å². The van der Waals surface area contributed by atoms with Crippen LogP contribution in [0.2, 0.25) is 0 Å². The van der Waals surface area contributed by atoms with Crippen molar-refractivity contribution >= 4 is 154 Å². The lowest BCUT2D eigenvalue weighted by molar-refractivity contribution is 0.679. The highest BCUT2D eigenvalue weighted by Gasteiger charge is 2.31. The molecule has 1 atom stereocenters. The Labute approximate surface area is 691 Å². The number of para-hydroxylation sites is 2. The van der Waals surface area contributed by atoms with Crippen LogP contribution in [-0.2, 0) is 6.42 Å². The Hall–Kier alpha value is -14.3. The second-order valence-corrected chi connectivity index (χ2v) is 32.2. The first-order valence-corrected chi connectivity index (χ1v) is 41.6. The Bertz CT molecular complexity index is 6930. The maximum absolute atomic E-state index is 2.52.